The number of aryl methyl sites for hydroxylation is 2. The zero-order chi connectivity index (χ0) is 23.8. The molecule has 0 unspecified atom stereocenters. The Morgan fingerprint density at radius 3 is 2.62 bits per heavy atom. The highest BCUT2D eigenvalue weighted by molar-refractivity contribution is 6.03. The minimum atomic E-state index is -1.21. The molecule has 11 heteroatoms. The predicted octanol–water partition coefficient (Wildman–Crippen LogP) is 1.75. The number of nitrogens with zero attached hydrogens (tertiary/aromatic N) is 8. The lowest BCUT2D eigenvalue weighted by Crippen LogP contribution is -2.56. The molecule has 0 bridgehead atoms. The summed E-state index contributed by atoms with van der Waals surface area (Å²) in [5.41, 5.74) is 1.76. The molecule has 1 aliphatic carbocycles. The van der Waals surface area contributed by atoms with E-state index in [1.807, 2.05) is 11.8 Å². The van der Waals surface area contributed by atoms with Crippen molar-refractivity contribution in [3.05, 3.63) is 54.3 Å². The van der Waals surface area contributed by atoms with Crippen LogP contribution in [-0.4, -0.2) is 72.7 Å². The van der Waals surface area contributed by atoms with Crippen LogP contribution in [0.25, 0.3) is 0 Å². The quantitative estimate of drug-likeness (QED) is 0.717. The third-order valence-corrected chi connectivity index (χ3v) is 6.35. The monoisotopic (exact) mass is 465 g/mol. The predicted molar refractivity (Wildman–Crippen MR) is 125 cm³/mol. The summed E-state index contributed by atoms with van der Waals surface area (Å²) in [6.07, 6.45) is 8.47. The summed E-state index contributed by atoms with van der Waals surface area (Å²) in [5.74, 6) is 1.33. The van der Waals surface area contributed by atoms with Crippen molar-refractivity contribution in [1.82, 2.24) is 34.9 Å². The highest BCUT2D eigenvalue weighted by Gasteiger charge is 2.44. The number of piperidine rings is 1. The van der Waals surface area contributed by atoms with E-state index < -0.39 is 12.2 Å². The number of carbonyl (C=O) groups excluding carboxylic acids is 1. The molecule has 4 heterocycles. The van der Waals surface area contributed by atoms with Gasteiger partial charge in [0.05, 0.1) is 24.5 Å². The second kappa shape index (κ2) is 8.96. The van der Waals surface area contributed by atoms with Crippen LogP contribution in [0.2, 0.25) is 0 Å². The number of hydrogen-bond acceptors (Lipinski definition) is 8. The van der Waals surface area contributed by atoms with Crippen LogP contribution in [-0.2, 0) is 11.2 Å². The van der Waals surface area contributed by atoms with Gasteiger partial charge >= 0.3 is 0 Å². The van der Waals surface area contributed by atoms with Gasteiger partial charge in [-0.05, 0) is 38.2 Å². The van der Waals surface area contributed by atoms with Crippen LogP contribution in [0.3, 0.4) is 0 Å². The lowest BCUT2D eigenvalue weighted by atomic mass is 10.0. The van der Waals surface area contributed by atoms with E-state index in [4.69, 9.17) is 0 Å². The summed E-state index contributed by atoms with van der Waals surface area (Å²) in [6, 6.07) is -0.466. The second-order valence-electron chi connectivity index (χ2n) is 8.84. The maximum Gasteiger partial charge on any atom is 0.272 e. The molecule has 178 valence electrons. The molecule has 2 aromatic rings. The van der Waals surface area contributed by atoms with E-state index in [2.05, 4.69) is 36.9 Å². The molecule has 2 aromatic heterocycles. The molecule has 1 saturated carbocycles. The number of aromatic nitrogens is 5. The smallest absolute Gasteiger partial charge is 0.272 e. The largest absolute Gasteiger partial charge is 0.347 e. The van der Waals surface area contributed by atoms with Gasteiger partial charge in [0.25, 0.3) is 5.91 Å². The molecule has 1 saturated heterocycles. The van der Waals surface area contributed by atoms with Gasteiger partial charge in [-0.3, -0.25) is 4.79 Å². The molecule has 10 nitrogen and oxygen atoms in total. The van der Waals surface area contributed by atoms with E-state index in [0.717, 1.165) is 24.8 Å². The first-order chi connectivity index (χ1) is 16.4. The van der Waals surface area contributed by atoms with E-state index in [1.54, 1.807) is 30.5 Å². The minimum absolute atomic E-state index is 0.0432. The van der Waals surface area contributed by atoms with Gasteiger partial charge in [-0.15, -0.1) is 0 Å². The fourth-order valence-corrected chi connectivity index (χ4v) is 4.37. The van der Waals surface area contributed by atoms with Crippen molar-refractivity contribution in [2.75, 3.05) is 18.0 Å². The summed E-state index contributed by atoms with van der Waals surface area (Å²) in [4.78, 5) is 34.3. The van der Waals surface area contributed by atoms with Crippen molar-refractivity contribution in [2.24, 2.45) is 4.99 Å². The van der Waals surface area contributed by atoms with Gasteiger partial charge in [-0.25, -0.2) is 29.0 Å². The van der Waals surface area contributed by atoms with Crippen LogP contribution in [0.5, 0.6) is 0 Å². The lowest BCUT2D eigenvalue weighted by molar-refractivity contribution is -0.132. The molecule has 3 aliphatic rings. The summed E-state index contributed by atoms with van der Waals surface area (Å²) in [7, 11) is 0. The van der Waals surface area contributed by atoms with E-state index in [-0.39, 0.29) is 24.2 Å². The number of anilines is 1. The number of rotatable bonds is 5. The molecule has 1 amide bonds. The summed E-state index contributed by atoms with van der Waals surface area (Å²) < 4.78 is 17.0. The van der Waals surface area contributed by atoms with Gasteiger partial charge in [0.2, 0.25) is 5.95 Å². The Kier molecular flexibility index (Phi) is 5.84. The fraction of sp³-hybridized carbons (Fsp3) is 0.478. The average molecular weight is 466 g/mol. The first kappa shape index (κ1) is 22.2. The first-order valence-corrected chi connectivity index (χ1v) is 11.6. The molecule has 0 aromatic carbocycles. The van der Waals surface area contributed by atoms with Gasteiger partial charge in [-0.1, -0.05) is 13.5 Å². The van der Waals surface area contributed by atoms with Crippen molar-refractivity contribution in [2.45, 2.75) is 57.8 Å². The average Bonchev–Trinajstić information content (AvgIpc) is 3.59. The SMILES string of the molecule is C=C1NC(C(=O)N(C2CC2)[C@@H]2CCN(c3ncc(CC)cn3)C[C@@H]2F)=CN=C1n1cnc(C)n1. The zero-order valence-electron chi connectivity index (χ0n) is 19.4. The third-order valence-electron chi connectivity index (χ3n) is 6.35. The molecule has 2 atom stereocenters. The normalized spacial score (nSPS) is 22.7. The number of nitrogens with one attached hydrogen (secondary N) is 1. The van der Waals surface area contributed by atoms with Crippen LogP contribution in [0.15, 0.2) is 47.9 Å². The Hall–Kier alpha value is -3.63. The molecule has 2 aliphatic heterocycles. The Labute approximate surface area is 197 Å². The van der Waals surface area contributed by atoms with Gasteiger partial charge in [0, 0.05) is 25.0 Å². The van der Waals surface area contributed by atoms with Crippen LogP contribution in [0.1, 0.15) is 37.6 Å². The van der Waals surface area contributed by atoms with Crippen molar-refractivity contribution >= 4 is 17.7 Å². The molecule has 5 rings (SSSR count). The highest BCUT2D eigenvalue weighted by atomic mass is 19.1. The Morgan fingerprint density at radius 2 is 2.03 bits per heavy atom. The second-order valence-corrected chi connectivity index (χ2v) is 8.84. The molecule has 34 heavy (non-hydrogen) atoms. The van der Waals surface area contributed by atoms with Crippen LogP contribution in [0.4, 0.5) is 10.3 Å². The van der Waals surface area contributed by atoms with E-state index in [9.17, 15) is 4.79 Å². The molecular weight excluding hydrogens is 437 g/mol. The Balaban J connectivity index is 1.31. The van der Waals surface area contributed by atoms with Gasteiger partial charge < -0.3 is 15.1 Å². The Bertz CT molecular complexity index is 1150. The Morgan fingerprint density at radius 1 is 1.26 bits per heavy atom. The first-order valence-electron chi connectivity index (χ1n) is 11.6. The number of carbonyl (C=O) groups is 1. The number of hydrogen-bond donors (Lipinski definition) is 1. The van der Waals surface area contributed by atoms with Crippen molar-refractivity contribution < 1.29 is 9.18 Å². The number of allylic oxidation sites excluding steroid dienone is 1. The molecule has 2 fully saturated rings. The number of amides is 1. The molecule has 0 radical (unpaired) electrons. The van der Waals surface area contributed by atoms with Gasteiger partial charge in [0.15, 0.2) is 5.84 Å². The van der Waals surface area contributed by atoms with E-state index >= 15 is 4.39 Å². The number of alkyl halides is 1. The number of halogens is 1. The maximum atomic E-state index is 15.5. The zero-order valence-corrected chi connectivity index (χ0v) is 19.4. The fourth-order valence-electron chi connectivity index (χ4n) is 4.37. The van der Waals surface area contributed by atoms with Crippen LogP contribution in [0, 0.1) is 6.92 Å². The third kappa shape index (κ3) is 4.29. The highest BCUT2D eigenvalue weighted by Crippen LogP contribution is 2.34. The van der Waals surface area contributed by atoms with E-state index in [1.165, 1.54) is 10.9 Å². The van der Waals surface area contributed by atoms with Crippen molar-refractivity contribution in [3.8, 4) is 0 Å². The van der Waals surface area contributed by atoms with Gasteiger partial charge in [-0.2, -0.15) is 5.10 Å². The van der Waals surface area contributed by atoms with Crippen LogP contribution < -0.4 is 10.2 Å². The van der Waals surface area contributed by atoms with Gasteiger partial charge in [0.1, 0.15) is 24.0 Å². The molecule has 0 spiro atoms. The van der Waals surface area contributed by atoms with Crippen molar-refractivity contribution in [3.63, 3.8) is 0 Å². The van der Waals surface area contributed by atoms with Crippen LogP contribution >= 0.6 is 0 Å². The summed E-state index contributed by atoms with van der Waals surface area (Å²) in [5, 5.41) is 7.28. The topological polar surface area (TPSA) is 104 Å². The van der Waals surface area contributed by atoms with Crippen molar-refractivity contribution in [1.29, 1.82) is 0 Å². The lowest BCUT2D eigenvalue weighted by Gasteiger charge is -2.41. The summed E-state index contributed by atoms with van der Waals surface area (Å²) >= 11 is 0. The standard InChI is InChI=1S/C23H28FN9O/c1-4-16-9-26-23(27-10-16)31-8-7-20(18(24)12-31)33(17-5-6-17)22(34)19-11-25-21(14(2)29-19)32-13-28-15(3)30-32/h9-11,13,17-18,20,29H,2,4-8,12H2,1,3H3/t18-,20+/m0/s1. The molecular formula is C23H28FN9O. The minimum Gasteiger partial charge on any atom is -0.347 e. The van der Waals surface area contributed by atoms with E-state index in [0.29, 0.717) is 36.3 Å². The maximum absolute atomic E-state index is 15.5. The molecule has 1 N–H and O–H groups in total. The number of aliphatic imine (C=N–C) groups is 1. The summed E-state index contributed by atoms with van der Waals surface area (Å²) in [6.45, 7) is 8.53.